The van der Waals surface area contributed by atoms with Crippen LogP contribution in [0.3, 0.4) is 0 Å². The lowest BCUT2D eigenvalue weighted by Crippen LogP contribution is -2.42. The standard InChI is InChI=1S/C20H23FN4O3/c1-13-7-6-8-14(2)19(13)23-17(26)11-25(3)12-18(27)24-20(28)22-16-10-5-4-9-15(16)21/h4-10H,11-12H2,1-3H3,(H,23,26)(H2,22,24,27,28). The van der Waals surface area contributed by atoms with Crippen molar-refractivity contribution in [3.63, 3.8) is 0 Å². The van der Waals surface area contributed by atoms with Crippen LogP contribution in [0.15, 0.2) is 42.5 Å². The first kappa shape index (κ1) is 21.0. The van der Waals surface area contributed by atoms with Gasteiger partial charge in [0.2, 0.25) is 11.8 Å². The van der Waals surface area contributed by atoms with E-state index in [4.69, 9.17) is 0 Å². The van der Waals surface area contributed by atoms with Gasteiger partial charge in [-0.05, 0) is 44.2 Å². The van der Waals surface area contributed by atoms with Crippen LogP contribution >= 0.6 is 0 Å². The van der Waals surface area contributed by atoms with Gasteiger partial charge in [-0.25, -0.2) is 9.18 Å². The summed E-state index contributed by atoms with van der Waals surface area (Å²) in [5.41, 5.74) is 2.60. The molecule has 0 radical (unpaired) electrons. The molecule has 2 rings (SSSR count). The first-order valence-corrected chi connectivity index (χ1v) is 8.66. The molecule has 0 saturated carbocycles. The summed E-state index contributed by atoms with van der Waals surface area (Å²) in [6.07, 6.45) is 0. The van der Waals surface area contributed by atoms with E-state index in [9.17, 15) is 18.8 Å². The fraction of sp³-hybridized carbons (Fsp3) is 0.250. The normalized spacial score (nSPS) is 10.5. The third kappa shape index (κ3) is 6.17. The zero-order chi connectivity index (χ0) is 20.7. The zero-order valence-electron chi connectivity index (χ0n) is 16.0. The molecule has 148 valence electrons. The number of aryl methyl sites for hydroxylation is 2. The van der Waals surface area contributed by atoms with Crippen LogP contribution in [-0.4, -0.2) is 42.9 Å². The molecule has 0 atom stereocenters. The van der Waals surface area contributed by atoms with Crippen LogP contribution in [0, 0.1) is 19.7 Å². The summed E-state index contributed by atoms with van der Waals surface area (Å²) >= 11 is 0. The second-order valence-corrected chi connectivity index (χ2v) is 6.47. The summed E-state index contributed by atoms with van der Waals surface area (Å²) in [6, 6.07) is 10.5. The predicted molar refractivity (Wildman–Crippen MR) is 106 cm³/mol. The van der Waals surface area contributed by atoms with Crippen LogP contribution in [0.25, 0.3) is 0 Å². The van der Waals surface area contributed by atoms with Gasteiger partial charge < -0.3 is 10.6 Å². The second-order valence-electron chi connectivity index (χ2n) is 6.47. The molecule has 3 N–H and O–H groups in total. The number of hydrogen-bond donors (Lipinski definition) is 3. The van der Waals surface area contributed by atoms with Crippen molar-refractivity contribution in [2.45, 2.75) is 13.8 Å². The maximum atomic E-state index is 13.5. The highest BCUT2D eigenvalue weighted by Gasteiger charge is 2.15. The van der Waals surface area contributed by atoms with Crippen molar-refractivity contribution in [2.24, 2.45) is 0 Å². The maximum absolute atomic E-state index is 13.5. The number of rotatable bonds is 6. The number of imide groups is 1. The number of hydrogen-bond acceptors (Lipinski definition) is 4. The molecule has 28 heavy (non-hydrogen) atoms. The number of nitrogens with zero attached hydrogens (tertiary/aromatic N) is 1. The molecule has 0 saturated heterocycles. The highest BCUT2D eigenvalue weighted by atomic mass is 19.1. The molecule has 8 heteroatoms. The summed E-state index contributed by atoms with van der Waals surface area (Å²) < 4.78 is 13.5. The Morgan fingerprint density at radius 2 is 1.50 bits per heavy atom. The molecule has 0 bridgehead atoms. The fourth-order valence-electron chi connectivity index (χ4n) is 2.62. The molecule has 0 aliphatic rings. The number of carbonyl (C=O) groups is 3. The van der Waals surface area contributed by atoms with Crippen LogP contribution < -0.4 is 16.0 Å². The van der Waals surface area contributed by atoms with Crippen LogP contribution in [0.1, 0.15) is 11.1 Å². The van der Waals surface area contributed by atoms with E-state index in [2.05, 4.69) is 16.0 Å². The summed E-state index contributed by atoms with van der Waals surface area (Å²) in [7, 11) is 1.58. The minimum Gasteiger partial charge on any atom is -0.324 e. The van der Waals surface area contributed by atoms with Gasteiger partial charge in [0.1, 0.15) is 5.82 Å². The predicted octanol–water partition coefficient (Wildman–Crippen LogP) is 2.66. The summed E-state index contributed by atoms with van der Waals surface area (Å²) in [4.78, 5) is 37.4. The highest BCUT2D eigenvalue weighted by molar-refractivity contribution is 6.02. The molecule has 4 amide bonds. The monoisotopic (exact) mass is 386 g/mol. The number of amides is 4. The van der Waals surface area contributed by atoms with E-state index < -0.39 is 17.8 Å². The molecule has 0 heterocycles. The minimum absolute atomic E-state index is 0.0316. The Labute approximate surface area is 162 Å². The fourth-order valence-corrected chi connectivity index (χ4v) is 2.62. The molecule has 0 aromatic heterocycles. The van der Waals surface area contributed by atoms with Crippen LogP contribution in [-0.2, 0) is 9.59 Å². The zero-order valence-corrected chi connectivity index (χ0v) is 16.0. The Morgan fingerprint density at radius 1 is 0.893 bits per heavy atom. The summed E-state index contributed by atoms with van der Waals surface area (Å²) in [5.74, 6) is -1.50. The first-order valence-electron chi connectivity index (χ1n) is 8.66. The number of likely N-dealkylation sites (N-methyl/N-ethyl adjacent to an activating group) is 1. The van der Waals surface area contributed by atoms with Crippen LogP contribution in [0.4, 0.5) is 20.6 Å². The quantitative estimate of drug-likeness (QED) is 0.712. The molecule has 0 unspecified atom stereocenters. The van der Waals surface area contributed by atoms with E-state index in [1.165, 1.54) is 23.1 Å². The van der Waals surface area contributed by atoms with Crippen molar-refractivity contribution in [1.82, 2.24) is 10.2 Å². The Kier molecular flexibility index (Phi) is 7.22. The Bertz CT molecular complexity index is 865. The van der Waals surface area contributed by atoms with E-state index in [0.717, 1.165) is 16.8 Å². The molecule has 2 aromatic rings. The molecule has 0 aliphatic carbocycles. The number of nitrogens with one attached hydrogen (secondary N) is 3. The Balaban J connectivity index is 1.81. The first-order chi connectivity index (χ1) is 13.3. The van der Waals surface area contributed by atoms with Crippen molar-refractivity contribution in [1.29, 1.82) is 0 Å². The molecule has 7 nitrogen and oxygen atoms in total. The Morgan fingerprint density at radius 3 is 2.14 bits per heavy atom. The number of para-hydroxylation sites is 2. The largest absolute Gasteiger partial charge is 0.326 e. The van der Waals surface area contributed by atoms with Crippen molar-refractivity contribution >= 4 is 29.2 Å². The maximum Gasteiger partial charge on any atom is 0.326 e. The second kappa shape index (κ2) is 9.61. The van der Waals surface area contributed by atoms with Crippen molar-refractivity contribution in [3.8, 4) is 0 Å². The number of anilines is 2. The van der Waals surface area contributed by atoms with Crippen molar-refractivity contribution in [3.05, 3.63) is 59.4 Å². The Hall–Kier alpha value is -3.26. The van der Waals surface area contributed by atoms with Crippen LogP contribution in [0.5, 0.6) is 0 Å². The van der Waals surface area contributed by atoms with E-state index in [1.54, 1.807) is 13.1 Å². The lowest BCUT2D eigenvalue weighted by Gasteiger charge is -2.17. The number of carbonyl (C=O) groups excluding carboxylic acids is 3. The molecule has 0 fully saturated rings. The minimum atomic E-state index is -0.844. The van der Waals surface area contributed by atoms with Gasteiger partial charge in [0, 0.05) is 5.69 Å². The van der Waals surface area contributed by atoms with Gasteiger partial charge in [0.05, 0.1) is 18.8 Å². The van der Waals surface area contributed by atoms with Gasteiger partial charge in [0.15, 0.2) is 0 Å². The molecule has 0 aliphatic heterocycles. The number of benzene rings is 2. The highest BCUT2D eigenvalue weighted by Crippen LogP contribution is 2.19. The SMILES string of the molecule is Cc1cccc(C)c1NC(=O)CN(C)CC(=O)NC(=O)Nc1ccccc1F. The van der Waals surface area contributed by atoms with Gasteiger partial charge in [-0.1, -0.05) is 30.3 Å². The summed E-state index contributed by atoms with van der Waals surface area (Å²) in [5, 5.41) is 7.18. The third-order valence-corrected chi connectivity index (χ3v) is 3.95. The van der Waals surface area contributed by atoms with E-state index in [0.29, 0.717) is 0 Å². The number of halogens is 1. The average Bonchev–Trinajstić information content (AvgIpc) is 2.60. The van der Waals surface area contributed by atoms with Crippen molar-refractivity contribution in [2.75, 3.05) is 30.8 Å². The van der Waals surface area contributed by atoms with Gasteiger partial charge in [-0.2, -0.15) is 0 Å². The lowest BCUT2D eigenvalue weighted by molar-refractivity contribution is -0.122. The van der Waals surface area contributed by atoms with Gasteiger partial charge >= 0.3 is 6.03 Å². The van der Waals surface area contributed by atoms with Crippen molar-refractivity contribution < 1.29 is 18.8 Å². The van der Waals surface area contributed by atoms with Crippen LogP contribution in [0.2, 0.25) is 0 Å². The van der Waals surface area contributed by atoms with E-state index in [1.807, 2.05) is 32.0 Å². The molecule has 0 spiro atoms. The van der Waals surface area contributed by atoms with E-state index in [-0.39, 0.29) is 24.7 Å². The lowest BCUT2D eigenvalue weighted by atomic mass is 10.1. The van der Waals surface area contributed by atoms with E-state index >= 15 is 0 Å². The topological polar surface area (TPSA) is 90.5 Å². The molecule has 2 aromatic carbocycles. The third-order valence-electron chi connectivity index (χ3n) is 3.95. The smallest absolute Gasteiger partial charge is 0.324 e. The van der Waals surface area contributed by atoms with Gasteiger partial charge in [0.25, 0.3) is 0 Å². The average molecular weight is 386 g/mol. The van der Waals surface area contributed by atoms with Gasteiger partial charge in [-0.3, -0.25) is 19.8 Å². The summed E-state index contributed by atoms with van der Waals surface area (Å²) in [6.45, 7) is 3.59. The van der Waals surface area contributed by atoms with Gasteiger partial charge in [-0.15, -0.1) is 0 Å². The number of urea groups is 1. The molecular formula is C20H23FN4O3. The molecular weight excluding hydrogens is 363 g/mol.